The van der Waals surface area contributed by atoms with Crippen molar-refractivity contribution >= 4 is 28.9 Å². The van der Waals surface area contributed by atoms with Crippen molar-refractivity contribution in [2.45, 2.75) is 0 Å². The number of carbonyl (C=O) groups excluding carboxylic acids is 2. The van der Waals surface area contributed by atoms with Crippen LogP contribution in [0.4, 0.5) is 17.1 Å². The molecule has 4 rings (SSSR count). The minimum atomic E-state index is -0.626. The van der Waals surface area contributed by atoms with E-state index in [1.54, 1.807) is 30.5 Å². The monoisotopic (exact) mass is 430 g/mol. The number of amides is 2. The lowest BCUT2D eigenvalue weighted by molar-refractivity contribution is 0.0990. The van der Waals surface area contributed by atoms with Crippen LogP contribution in [0.15, 0.2) is 60.8 Å². The number of hydrogen-bond donors (Lipinski definition) is 3. The molecule has 1 aliphatic rings. The summed E-state index contributed by atoms with van der Waals surface area (Å²) < 4.78 is 0. The molecule has 164 valence electrons. The number of nitrogens with zero attached hydrogens (tertiary/aromatic N) is 3. The van der Waals surface area contributed by atoms with Gasteiger partial charge in [0.2, 0.25) is 5.91 Å². The number of nitrogens with two attached hydrogens (primary N) is 2. The summed E-state index contributed by atoms with van der Waals surface area (Å²) in [6, 6.07) is 16.8. The van der Waals surface area contributed by atoms with E-state index < -0.39 is 11.8 Å². The maximum atomic E-state index is 11.9. The highest BCUT2D eigenvalue weighted by Gasteiger charge is 2.15. The molecule has 32 heavy (non-hydrogen) atoms. The molecular formula is C24H26N6O2. The van der Waals surface area contributed by atoms with Crippen molar-refractivity contribution in [2.24, 2.45) is 11.5 Å². The number of likely N-dealkylation sites (N-methyl/N-ethyl adjacent to an activating group) is 1. The summed E-state index contributed by atoms with van der Waals surface area (Å²) >= 11 is 0. The van der Waals surface area contributed by atoms with E-state index in [0.717, 1.165) is 48.7 Å². The Hall–Kier alpha value is -3.91. The SMILES string of the molecule is CN1CCN(c2ccc(Nc3cc(-c4cccc(C(N)=O)c4)cnc3C(N)=O)cc2)CC1. The van der Waals surface area contributed by atoms with Crippen molar-refractivity contribution in [3.05, 3.63) is 72.1 Å². The molecular weight excluding hydrogens is 404 g/mol. The summed E-state index contributed by atoms with van der Waals surface area (Å²) in [7, 11) is 2.13. The number of nitrogens with one attached hydrogen (secondary N) is 1. The van der Waals surface area contributed by atoms with Crippen LogP contribution in [0, 0.1) is 0 Å². The molecule has 1 fully saturated rings. The lowest BCUT2D eigenvalue weighted by Gasteiger charge is -2.34. The van der Waals surface area contributed by atoms with Crippen molar-refractivity contribution in [3.63, 3.8) is 0 Å². The molecule has 8 nitrogen and oxygen atoms in total. The third-order valence-corrected chi connectivity index (χ3v) is 5.62. The van der Waals surface area contributed by atoms with Crippen molar-refractivity contribution in [2.75, 3.05) is 43.4 Å². The van der Waals surface area contributed by atoms with Crippen LogP contribution < -0.4 is 21.7 Å². The van der Waals surface area contributed by atoms with Crippen LogP contribution in [-0.4, -0.2) is 54.9 Å². The molecule has 0 bridgehead atoms. The molecule has 0 aliphatic carbocycles. The number of piperazine rings is 1. The Morgan fingerprint density at radius 1 is 0.906 bits per heavy atom. The van der Waals surface area contributed by atoms with Gasteiger partial charge in [-0.2, -0.15) is 0 Å². The number of anilines is 3. The molecule has 2 amide bonds. The first-order valence-corrected chi connectivity index (χ1v) is 10.4. The highest BCUT2D eigenvalue weighted by molar-refractivity contribution is 5.98. The Morgan fingerprint density at radius 3 is 2.28 bits per heavy atom. The van der Waals surface area contributed by atoms with E-state index >= 15 is 0 Å². The maximum Gasteiger partial charge on any atom is 0.269 e. The van der Waals surface area contributed by atoms with Gasteiger partial charge in [0, 0.05) is 54.9 Å². The molecule has 3 aromatic rings. The van der Waals surface area contributed by atoms with E-state index in [1.165, 1.54) is 0 Å². The van der Waals surface area contributed by atoms with E-state index in [9.17, 15) is 9.59 Å². The van der Waals surface area contributed by atoms with Crippen LogP contribution in [0.5, 0.6) is 0 Å². The number of hydrogen-bond acceptors (Lipinski definition) is 6. The number of pyridine rings is 1. The fraction of sp³-hybridized carbons (Fsp3) is 0.208. The van der Waals surface area contributed by atoms with Crippen LogP contribution in [-0.2, 0) is 0 Å². The summed E-state index contributed by atoms with van der Waals surface area (Å²) in [5.41, 5.74) is 15.4. The number of aromatic nitrogens is 1. The van der Waals surface area contributed by atoms with Crippen LogP contribution in [0.3, 0.4) is 0 Å². The molecule has 1 aliphatic heterocycles. The Morgan fingerprint density at radius 2 is 1.62 bits per heavy atom. The van der Waals surface area contributed by atoms with Crippen molar-refractivity contribution in [1.29, 1.82) is 0 Å². The topological polar surface area (TPSA) is 118 Å². The van der Waals surface area contributed by atoms with Crippen LogP contribution in [0.25, 0.3) is 11.1 Å². The van der Waals surface area contributed by atoms with Gasteiger partial charge >= 0.3 is 0 Å². The van der Waals surface area contributed by atoms with Gasteiger partial charge in [-0.05, 0) is 55.1 Å². The summed E-state index contributed by atoms with van der Waals surface area (Å²) in [6.45, 7) is 4.06. The molecule has 5 N–H and O–H groups in total. The summed E-state index contributed by atoms with van der Waals surface area (Å²) in [5.74, 6) is -1.13. The fourth-order valence-corrected chi connectivity index (χ4v) is 3.74. The predicted molar refractivity (Wildman–Crippen MR) is 126 cm³/mol. The van der Waals surface area contributed by atoms with Crippen molar-refractivity contribution in [3.8, 4) is 11.1 Å². The lowest BCUT2D eigenvalue weighted by Crippen LogP contribution is -2.44. The van der Waals surface area contributed by atoms with E-state index in [2.05, 4.69) is 39.3 Å². The molecule has 2 aromatic carbocycles. The van der Waals surface area contributed by atoms with Gasteiger partial charge in [-0.1, -0.05) is 12.1 Å². The fourth-order valence-electron chi connectivity index (χ4n) is 3.74. The second-order valence-corrected chi connectivity index (χ2v) is 7.89. The van der Waals surface area contributed by atoms with E-state index in [0.29, 0.717) is 11.3 Å². The lowest BCUT2D eigenvalue weighted by atomic mass is 10.0. The Labute approximate surface area is 186 Å². The van der Waals surface area contributed by atoms with Gasteiger partial charge in [-0.25, -0.2) is 4.98 Å². The van der Waals surface area contributed by atoms with E-state index in [-0.39, 0.29) is 5.69 Å². The van der Waals surface area contributed by atoms with Gasteiger partial charge in [0.1, 0.15) is 0 Å². The maximum absolute atomic E-state index is 11.9. The highest BCUT2D eigenvalue weighted by atomic mass is 16.1. The molecule has 1 saturated heterocycles. The van der Waals surface area contributed by atoms with Crippen LogP contribution >= 0.6 is 0 Å². The average Bonchev–Trinajstić information content (AvgIpc) is 2.80. The summed E-state index contributed by atoms with van der Waals surface area (Å²) in [6.07, 6.45) is 1.56. The summed E-state index contributed by atoms with van der Waals surface area (Å²) in [5, 5.41) is 3.26. The largest absolute Gasteiger partial charge is 0.369 e. The molecule has 2 heterocycles. The molecule has 0 atom stereocenters. The van der Waals surface area contributed by atoms with E-state index in [1.807, 2.05) is 18.2 Å². The second-order valence-electron chi connectivity index (χ2n) is 7.89. The number of carbonyl (C=O) groups is 2. The van der Waals surface area contributed by atoms with Crippen molar-refractivity contribution in [1.82, 2.24) is 9.88 Å². The molecule has 8 heteroatoms. The zero-order valence-electron chi connectivity index (χ0n) is 17.9. The third-order valence-electron chi connectivity index (χ3n) is 5.62. The Bertz CT molecular complexity index is 1140. The predicted octanol–water partition coefficient (Wildman–Crippen LogP) is 2.44. The smallest absolute Gasteiger partial charge is 0.269 e. The average molecular weight is 431 g/mol. The Kier molecular flexibility index (Phi) is 6.04. The normalized spacial score (nSPS) is 14.2. The van der Waals surface area contributed by atoms with Crippen LogP contribution in [0.1, 0.15) is 20.8 Å². The van der Waals surface area contributed by atoms with E-state index in [4.69, 9.17) is 11.5 Å². The second kappa shape index (κ2) is 9.07. The number of primary amides is 2. The molecule has 0 unspecified atom stereocenters. The van der Waals surface area contributed by atoms with Gasteiger partial charge < -0.3 is 26.6 Å². The van der Waals surface area contributed by atoms with Gasteiger partial charge in [0.25, 0.3) is 5.91 Å². The molecule has 1 aromatic heterocycles. The standard InChI is InChI=1S/C24H26N6O2/c1-29-9-11-30(12-10-29)20-7-5-19(6-8-20)28-21-14-18(15-27-22(21)24(26)32)16-3-2-4-17(13-16)23(25)31/h2-8,13-15,28H,9-12H2,1H3,(H2,25,31)(H2,26,32). The first kappa shape index (κ1) is 21.3. The molecule has 0 spiro atoms. The summed E-state index contributed by atoms with van der Waals surface area (Å²) in [4.78, 5) is 32.4. The highest BCUT2D eigenvalue weighted by Crippen LogP contribution is 2.28. The number of rotatable bonds is 6. The molecule has 0 radical (unpaired) electrons. The zero-order valence-corrected chi connectivity index (χ0v) is 17.9. The van der Waals surface area contributed by atoms with Gasteiger partial charge in [0.05, 0.1) is 5.69 Å². The van der Waals surface area contributed by atoms with Crippen molar-refractivity contribution < 1.29 is 9.59 Å². The van der Waals surface area contributed by atoms with Crippen LogP contribution in [0.2, 0.25) is 0 Å². The van der Waals surface area contributed by atoms with Gasteiger partial charge in [-0.15, -0.1) is 0 Å². The minimum absolute atomic E-state index is 0.142. The third kappa shape index (κ3) is 4.70. The molecule has 0 saturated carbocycles. The van der Waals surface area contributed by atoms with Gasteiger partial charge in [0.15, 0.2) is 5.69 Å². The Balaban J connectivity index is 1.59. The minimum Gasteiger partial charge on any atom is -0.369 e. The zero-order chi connectivity index (χ0) is 22.7. The quantitative estimate of drug-likeness (QED) is 0.553. The first-order valence-electron chi connectivity index (χ1n) is 10.4. The number of benzene rings is 2. The first-order chi connectivity index (χ1) is 15.4. The van der Waals surface area contributed by atoms with Gasteiger partial charge in [-0.3, -0.25) is 9.59 Å².